The van der Waals surface area contributed by atoms with Crippen molar-refractivity contribution in [3.63, 3.8) is 0 Å². The average Bonchev–Trinajstić information content (AvgIpc) is 3.06. The summed E-state index contributed by atoms with van der Waals surface area (Å²) in [7, 11) is 0. The molecule has 1 N–H and O–H groups in total. The molecule has 2 aromatic carbocycles. The number of benzene rings is 2. The summed E-state index contributed by atoms with van der Waals surface area (Å²) in [4.78, 5) is 13.1. The van der Waals surface area contributed by atoms with Gasteiger partial charge in [0.1, 0.15) is 11.6 Å². The first-order valence-electron chi connectivity index (χ1n) is 10.2. The van der Waals surface area contributed by atoms with Crippen LogP contribution in [0.2, 0.25) is 0 Å². The molecule has 1 saturated heterocycles. The zero-order valence-electron chi connectivity index (χ0n) is 16.4. The zero-order chi connectivity index (χ0) is 20.3. The van der Waals surface area contributed by atoms with E-state index in [9.17, 15) is 9.18 Å². The molecular formula is C24H26FNO3. The van der Waals surface area contributed by atoms with E-state index in [-0.39, 0.29) is 17.7 Å². The zero-order valence-corrected chi connectivity index (χ0v) is 16.4. The lowest BCUT2D eigenvalue weighted by Gasteiger charge is -2.38. The standard InChI is InChI=1S/C24H26FNO3/c25-20-8-5-18(6-9-20)3-4-19-7-10-21-22(16-19)29-17-24(21)11-14-26(15-12-24)13-1-2-23(27)28/h3-10,16H,1-2,11-15,17H2,(H,27,28)/b4-3+. The summed E-state index contributed by atoms with van der Waals surface area (Å²) in [5.41, 5.74) is 3.40. The second kappa shape index (κ2) is 8.37. The fraction of sp³-hybridized carbons (Fsp3) is 0.375. The Morgan fingerprint density at radius 2 is 1.79 bits per heavy atom. The van der Waals surface area contributed by atoms with Crippen LogP contribution in [0.4, 0.5) is 4.39 Å². The fourth-order valence-electron chi connectivity index (χ4n) is 4.33. The summed E-state index contributed by atoms with van der Waals surface area (Å²) in [6.07, 6.45) is 7.02. The third-order valence-electron chi connectivity index (χ3n) is 6.10. The third kappa shape index (κ3) is 4.51. The minimum absolute atomic E-state index is 0.0812. The molecule has 152 valence electrons. The summed E-state index contributed by atoms with van der Waals surface area (Å²) < 4.78 is 19.1. The van der Waals surface area contributed by atoms with Crippen molar-refractivity contribution in [1.29, 1.82) is 0 Å². The summed E-state index contributed by atoms with van der Waals surface area (Å²) in [6, 6.07) is 12.8. The molecule has 0 bridgehead atoms. The second-order valence-corrected chi connectivity index (χ2v) is 8.05. The maximum absolute atomic E-state index is 13.0. The summed E-state index contributed by atoms with van der Waals surface area (Å²) in [5.74, 6) is 0.0118. The van der Waals surface area contributed by atoms with E-state index in [1.165, 1.54) is 17.7 Å². The second-order valence-electron chi connectivity index (χ2n) is 8.05. The molecule has 0 aliphatic carbocycles. The van der Waals surface area contributed by atoms with Crippen molar-refractivity contribution in [2.75, 3.05) is 26.2 Å². The summed E-state index contributed by atoms with van der Waals surface area (Å²) in [5, 5.41) is 8.80. The highest BCUT2D eigenvalue weighted by Gasteiger charge is 2.42. The number of hydrogen-bond donors (Lipinski definition) is 1. The largest absolute Gasteiger partial charge is 0.492 e. The van der Waals surface area contributed by atoms with Crippen molar-refractivity contribution in [3.8, 4) is 5.75 Å². The van der Waals surface area contributed by atoms with Crippen LogP contribution < -0.4 is 4.74 Å². The number of piperidine rings is 1. The summed E-state index contributed by atoms with van der Waals surface area (Å²) >= 11 is 0. The Labute approximate surface area is 170 Å². The highest BCUT2D eigenvalue weighted by Crippen LogP contribution is 2.45. The number of carbonyl (C=O) groups is 1. The normalized spacial score (nSPS) is 18.1. The number of ether oxygens (including phenoxy) is 1. The maximum atomic E-state index is 13.0. The van der Waals surface area contributed by atoms with Gasteiger partial charge in [0.25, 0.3) is 0 Å². The van der Waals surface area contributed by atoms with Crippen LogP contribution in [0.15, 0.2) is 42.5 Å². The van der Waals surface area contributed by atoms with Gasteiger partial charge in [0.15, 0.2) is 0 Å². The topological polar surface area (TPSA) is 49.8 Å². The van der Waals surface area contributed by atoms with Gasteiger partial charge in [0.2, 0.25) is 0 Å². The van der Waals surface area contributed by atoms with Gasteiger partial charge in [-0.2, -0.15) is 0 Å². The molecule has 0 unspecified atom stereocenters. The molecule has 29 heavy (non-hydrogen) atoms. The number of halogens is 1. The Hall–Kier alpha value is -2.66. The Morgan fingerprint density at radius 3 is 2.52 bits per heavy atom. The molecule has 0 saturated carbocycles. The Balaban J connectivity index is 1.40. The van der Waals surface area contributed by atoms with E-state index in [1.54, 1.807) is 12.1 Å². The van der Waals surface area contributed by atoms with Gasteiger partial charge in [-0.1, -0.05) is 36.4 Å². The maximum Gasteiger partial charge on any atom is 0.303 e. The lowest BCUT2D eigenvalue weighted by molar-refractivity contribution is -0.137. The smallest absolute Gasteiger partial charge is 0.303 e. The highest BCUT2D eigenvalue weighted by atomic mass is 19.1. The van der Waals surface area contributed by atoms with Gasteiger partial charge >= 0.3 is 5.97 Å². The van der Waals surface area contributed by atoms with Crippen LogP contribution in [0.25, 0.3) is 12.2 Å². The molecule has 4 rings (SSSR count). The number of likely N-dealkylation sites (tertiary alicyclic amines) is 1. The van der Waals surface area contributed by atoms with Crippen molar-refractivity contribution in [3.05, 3.63) is 65.0 Å². The highest BCUT2D eigenvalue weighted by molar-refractivity contribution is 5.71. The van der Waals surface area contributed by atoms with Crippen LogP contribution in [0.5, 0.6) is 5.75 Å². The molecule has 2 aliphatic heterocycles. The molecule has 5 heteroatoms. The fourth-order valence-corrected chi connectivity index (χ4v) is 4.33. The molecule has 1 spiro atoms. The van der Waals surface area contributed by atoms with Crippen LogP contribution in [0, 0.1) is 5.82 Å². The molecule has 0 atom stereocenters. The Bertz CT molecular complexity index is 899. The molecule has 4 nitrogen and oxygen atoms in total. The van der Waals surface area contributed by atoms with Crippen LogP contribution in [-0.2, 0) is 10.2 Å². The van der Waals surface area contributed by atoms with E-state index in [4.69, 9.17) is 9.84 Å². The van der Waals surface area contributed by atoms with Crippen LogP contribution >= 0.6 is 0 Å². The van der Waals surface area contributed by atoms with E-state index in [0.717, 1.165) is 56.0 Å². The van der Waals surface area contributed by atoms with Gasteiger partial charge in [-0.3, -0.25) is 4.79 Å². The van der Waals surface area contributed by atoms with Crippen molar-refractivity contribution >= 4 is 18.1 Å². The molecule has 2 heterocycles. The molecule has 0 aromatic heterocycles. The van der Waals surface area contributed by atoms with Gasteiger partial charge in [-0.15, -0.1) is 0 Å². The predicted molar refractivity (Wildman–Crippen MR) is 111 cm³/mol. The predicted octanol–water partition coefficient (Wildman–Crippen LogP) is 4.59. The Kier molecular flexibility index (Phi) is 5.67. The number of carboxylic acids is 1. The third-order valence-corrected chi connectivity index (χ3v) is 6.10. The van der Waals surface area contributed by atoms with Crippen LogP contribution in [-0.4, -0.2) is 42.2 Å². The Morgan fingerprint density at radius 1 is 1.10 bits per heavy atom. The number of carboxylic acid groups (broad SMARTS) is 1. The first-order valence-corrected chi connectivity index (χ1v) is 10.2. The lowest BCUT2D eigenvalue weighted by Crippen LogP contribution is -2.43. The first kappa shape index (κ1) is 19.6. The number of rotatable bonds is 6. The molecule has 0 radical (unpaired) electrons. The van der Waals surface area contributed by atoms with Crippen LogP contribution in [0.3, 0.4) is 0 Å². The number of fused-ring (bicyclic) bond motifs is 2. The molecular weight excluding hydrogens is 369 g/mol. The van der Waals surface area contributed by atoms with E-state index in [0.29, 0.717) is 6.42 Å². The minimum Gasteiger partial charge on any atom is -0.492 e. The van der Waals surface area contributed by atoms with Gasteiger partial charge in [0, 0.05) is 17.4 Å². The monoisotopic (exact) mass is 395 g/mol. The summed E-state index contributed by atoms with van der Waals surface area (Å²) in [6.45, 7) is 3.53. The molecule has 0 amide bonds. The average molecular weight is 395 g/mol. The van der Waals surface area contributed by atoms with E-state index in [2.05, 4.69) is 23.1 Å². The number of hydrogen-bond acceptors (Lipinski definition) is 3. The molecule has 2 aliphatic rings. The first-order chi connectivity index (χ1) is 14.0. The van der Waals surface area contributed by atoms with Crippen LogP contribution in [0.1, 0.15) is 42.4 Å². The number of aliphatic carboxylic acids is 1. The van der Waals surface area contributed by atoms with E-state index < -0.39 is 5.97 Å². The van der Waals surface area contributed by atoms with Gasteiger partial charge < -0.3 is 14.7 Å². The lowest BCUT2D eigenvalue weighted by atomic mass is 9.74. The SMILES string of the molecule is O=C(O)CCCN1CCC2(CC1)COc1cc(/C=C/c3ccc(F)cc3)ccc12. The number of nitrogens with zero attached hydrogens (tertiary/aromatic N) is 1. The van der Waals surface area contributed by atoms with E-state index in [1.807, 2.05) is 12.2 Å². The van der Waals surface area contributed by atoms with Gasteiger partial charge in [0.05, 0.1) is 6.61 Å². The van der Waals surface area contributed by atoms with Crippen molar-refractivity contribution in [2.24, 2.45) is 0 Å². The molecule has 2 aromatic rings. The van der Waals surface area contributed by atoms with Crippen molar-refractivity contribution < 1.29 is 19.0 Å². The van der Waals surface area contributed by atoms with E-state index >= 15 is 0 Å². The van der Waals surface area contributed by atoms with Gasteiger partial charge in [-0.25, -0.2) is 4.39 Å². The van der Waals surface area contributed by atoms with Crippen molar-refractivity contribution in [1.82, 2.24) is 4.90 Å². The quantitative estimate of drug-likeness (QED) is 0.727. The minimum atomic E-state index is -0.721. The van der Waals surface area contributed by atoms with Gasteiger partial charge in [-0.05, 0) is 68.2 Å². The van der Waals surface area contributed by atoms with Crippen molar-refractivity contribution in [2.45, 2.75) is 31.1 Å². The molecule has 1 fully saturated rings.